The second-order valence-electron chi connectivity index (χ2n) is 8.70. The van der Waals surface area contributed by atoms with Crippen LogP contribution in [0.5, 0.6) is 0 Å². The molecule has 1 N–H and O–H groups in total. The first-order valence-electron chi connectivity index (χ1n) is 11.0. The molecule has 3 rings (SSSR count). The lowest BCUT2D eigenvalue weighted by atomic mass is 10.1. The Bertz CT molecular complexity index is 1120. The second-order valence-corrected chi connectivity index (χ2v) is 10.9. The SMILES string of the molecule is CN(C)CCCN(C)C(=O)CN1CCCC(NS(=O)(=O)c2ccc3cc(Cl)ccc3c2)C1=O. The lowest BCUT2D eigenvalue weighted by molar-refractivity contribution is -0.142. The monoisotopic (exact) mass is 494 g/mol. The van der Waals surface area contributed by atoms with Gasteiger partial charge in [-0.05, 0) is 74.9 Å². The number of likely N-dealkylation sites (tertiary alicyclic amines) is 1. The standard InChI is InChI=1S/C23H31ClN4O4S/c1-26(2)11-5-12-27(3)22(29)16-28-13-4-6-21(23(28)30)25-33(31,32)20-10-8-17-14-19(24)9-7-18(17)15-20/h7-10,14-15,21,25H,4-6,11-13,16H2,1-3H3. The third-order valence-corrected chi connectivity index (χ3v) is 7.47. The summed E-state index contributed by atoms with van der Waals surface area (Å²) >= 11 is 6.00. The van der Waals surface area contributed by atoms with Crippen molar-refractivity contribution in [2.75, 3.05) is 47.3 Å². The maximum atomic E-state index is 13.0. The van der Waals surface area contributed by atoms with Crippen LogP contribution in [0.2, 0.25) is 5.02 Å². The summed E-state index contributed by atoms with van der Waals surface area (Å²) in [5, 5.41) is 2.14. The molecule has 2 aromatic carbocycles. The molecule has 0 aliphatic carbocycles. The molecule has 1 unspecified atom stereocenters. The maximum Gasteiger partial charge on any atom is 0.241 e. The first-order chi connectivity index (χ1) is 15.6. The number of piperidine rings is 1. The molecule has 1 atom stereocenters. The Hall–Kier alpha value is -2.20. The minimum Gasteiger partial charge on any atom is -0.344 e. The number of carbonyl (C=O) groups is 2. The Morgan fingerprint density at radius 3 is 2.55 bits per heavy atom. The lowest BCUT2D eigenvalue weighted by Crippen LogP contribution is -2.54. The van der Waals surface area contributed by atoms with Gasteiger partial charge in [0.25, 0.3) is 0 Å². The van der Waals surface area contributed by atoms with E-state index in [-0.39, 0.29) is 23.3 Å². The molecule has 0 bridgehead atoms. The molecular formula is C23H31ClN4O4S. The quantitative estimate of drug-likeness (QED) is 0.577. The van der Waals surface area contributed by atoms with Gasteiger partial charge in [-0.2, -0.15) is 4.72 Å². The van der Waals surface area contributed by atoms with E-state index >= 15 is 0 Å². The van der Waals surface area contributed by atoms with Gasteiger partial charge in [0.15, 0.2) is 0 Å². The highest BCUT2D eigenvalue weighted by atomic mass is 35.5. The fraction of sp³-hybridized carbons (Fsp3) is 0.478. The van der Waals surface area contributed by atoms with Crippen molar-refractivity contribution in [2.24, 2.45) is 0 Å². The van der Waals surface area contributed by atoms with E-state index in [2.05, 4.69) is 4.72 Å². The summed E-state index contributed by atoms with van der Waals surface area (Å²) in [6.45, 7) is 1.85. The molecule has 1 heterocycles. The van der Waals surface area contributed by atoms with Crippen molar-refractivity contribution in [1.82, 2.24) is 19.4 Å². The van der Waals surface area contributed by atoms with E-state index in [0.29, 0.717) is 31.0 Å². The van der Waals surface area contributed by atoms with Gasteiger partial charge in [-0.3, -0.25) is 9.59 Å². The van der Waals surface area contributed by atoms with Crippen LogP contribution in [0.25, 0.3) is 10.8 Å². The van der Waals surface area contributed by atoms with E-state index < -0.39 is 16.1 Å². The van der Waals surface area contributed by atoms with Crippen molar-refractivity contribution in [3.63, 3.8) is 0 Å². The Morgan fingerprint density at radius 1 is 1.12 bits per heavy atom. The Morgan fingerprint density at radius 2 is 1.82 bits per heavy atom. The van der Waals surface area contributed by atoms with Crippen molar-refractivity contribution in [1.29, 1.82) is 0 Å². The fourth-order valence-corrected chi connectivity index (χ4v) is 5.30. The summed E-state index contributed by atoms with van der Waals surface area (Å²) in [6.07, 6.45) is 1.85. The number of carbonyl (C=O) groups excluding carboxylic acids is 2. The highest BCUT2D eigenvalue weighted by Crippen LogP contribution is 2.23. The fourth-order valence-electron chi connectivity index (χ4n) is 3.86. The topological polar surface area (TPSA) is 90.0 Å². The summed E-state index contributed by atoms with van der Waals surface area (Å²) < 4.78 is 28.5. The molecule has 10 heteroatoms. The molecule has 8 nitrogen and oxygen atoms in total. The van der Waals surface area contributed by atoms with Crippen LogP contribution in [0, 0.1) is 0 Å². The number of sulfonamides is 1. The molecule has 0 spiro atoms. The molecule has 0 aromatic heterocycles. The summed E-state index contributed by atoms with van der Waals surface area (Å²) in [6, 6.07) is 9.07. The van der Waals surface area contributed by atoms with Crippen molar-refractivity contribution >= 4 is 44.2 Å². The Kier molecular flexibility index (Phi) is 8.33. The van der Waals surface area contributed by atoms with E-state index in [1.807, 2.05) is 19.0 Å². The summed E-state index contributed by atoms with van der Waals surface area (Å²) in [5.41, 5.74) is 0. The molecular weight excluding hydrogens is 464 g/mol. The molecule has 0 saturated carbocycles. The van der Waals surface area contributed by atoms with E-state index in [1.54, 1.807) is 42.3 Å². The first kappa shape index (κ1) is 25.4. The van der Waals surface area contributed by atoms with E-state index in [1.165, 1.54) is 11.0 Å². The van der Waals surface area contributed by atoms with Crippen LogP contribution in [0.3, 0.4) is 0 Å². The highest BCUT2D eigenvalue weighted by molar-refractivity contribution is 7.89. The van der Waals surface area contributed by atoms with Crippen LogP contribution >= 0.6 is 11.6 Å². The molecule has 1 fully saturated rings. The number of halogens is 1. The third kappa shape index (κ3) is 6.66. The predicted molar refractivity (Wildman–Crippen MR) is 130 cm³/mol. The van der Waals surface area contributed by atoms with Crippen LogP contribution < -0.4 is 4.72 Å². The summed E-state index contributed by atoms with van der Waals surface area (Å²) in [7, 11) is 1.76. The average Bonchev–Trinajstić information content (AvgIpc) is 2.75. The molecule has 1 aliphatic rings. The van der Waals surface area contributed by atoms with Gasteiger partial charge in [0.2, 0.25) is 21.8 Å². The van der Waals surface area contributed by atoms with Gasteiger partial charge in [0.1, 0.15) is 6.04 Å². The zero-order valence-electron chi connectivity index (χ0n) is 19.3. The molecule has 1 aliphatic heterocycles. The highest BCUT2D eigenvalue weighted by Gasteiger charge is 2.33. The molecule has 1 saturated heterocycles. The number of benzene rings is 2. The number of hydrogen-bond donors (Lipinski definition) is 1. The number of rotatable bonds is 9. The van der Waals surface area contributed by atoms with E-state index in [9.17, 15) is 18.0 Å². The molecule has 2 amide bonds. The van der Waals surface area contributed by atoms with Crippen molar-refractivity contribution in [3.05, 3.63) is 41.4 Å². The van der Waals surface area contributed by atoms with Gasteiger partial charge < -0.3 is 14.7 Å². The maximum absolute atomic E-state index is 13.0. The summed E-state index contributed by atoms with van der Waals surface area (Å²) in [4.78, 5) is 30.7. The van der Waals surface area contributed by atoms with Crippen molar-refractivity contribution in [2.45, 2.75) is 30.2 Å². The molecule has 180 valence electrons. The molecule has 2 aromatic rings. The predicted octanol–water partition coefficient (Wildman–Crippen LogP) is 2.17. The first-order valence-corrected chi connectivity index (χ1v) is 12.8. The third-order valence-electron chi connectivity index (χ3n) is 5.76. The van der Waals surface area contributed by atoms with Gasteiger partial charge in [-0.15, -0.1) is 0 Å². The van der Waals surface area contributed by atoms with Crippen LogP contribution in [-0.4, -0.2) is 88.3 Å². The van der Waals surface area contributed by atoms with E-state index in [0.717, 1.165) is 23.7 Å². The van der Waals surface area contributed by atoms with Crippen LogP contribution in [-0.2, 0) is 19.6 Å². The Balaban J connectivity index is 1.64. The minimum atomic E-state index is -3.91. The zero-order valence-corrected chi connectivity index (χ0v) is 20.8. The number of amides is 2. The van der Waals surface area contributed by atoms with Gasteiger partial charge >= 0.3 is 0 Å². The van der Waals surface area contributed by atoms with Gasteiger partial charge in [0, 0.05) is 25.2 Å². The average molecular weight is 495 g/mol. The molecule has 0 radical (unpaired) electrons. The zero-order chi connectivity index (χ0) is 24.2. The smallest absolute Gasteiger partial charge is 0.241 e. The minimum absolute atomic E-state index is 0.0493. The molecule has 33 heavy (non-hydrogen) atoms. The van der Waals surface area contributed by atoms with E-state index in [4.69, 9.17) is 11.6 Å². The number of hydrogen-bond acceptors (Lipinski definition) is 5. The number of likely N-dealkylation sites (N-methyl/N-ethyl adjacent to an activating group) is 1. The van der Waals surface area contributed by atoms with Gasteiger partial charge in [-0.1, -0.05) is 23.7 Å². The Labute approximate surface area is 200 Å². The lowest BCUT2D eigenvalue weighted by Gasteiger charge is -2.33. The largest absolute Gasteiger partial charge is 0.344 e. The number of nitrogens with one attached hydrogen (secondary N) is 1. The van der Waals surface area contributed by atoms with Crippen molar-refractivity contribution in [3.8, 4) is 0 Å². The number of nitrogens with zero attached hydrogens (tertiary/aromatic N) is 3. The van der Waals surface area contributed by atoms with Crippen LogP contribution in [0.15, 0.2) is 41.3 Å². The summed E-state index contributed by atoms with van der Waals surface area (Å²) in [5.74, 6) is -0.522. The van der Waals surface area contributed by atoms with Gasteiger partial charge in [-0.25, -0.2) is 8.42 Å². The van der Waals surface area contributed by atoms with Crippen LogP contribution in [0.1, 0.15) is 19.3 Å². The second kappa shape index (κ2) is 10.8. The van der Waals surface area contributed by atoms with Crippen molar-refractivity contribution < 1.29 is 18.0 Å². The number of fused-ring (bicyclic) bond motifs is 1. The van der Waals surface area contributed by atoms with Crippen LogP contribution in [0.4, 0.5) is 0 Å². The normalized spacial score (nSPS) is 17.1. The van der Waals surface area contributed by atoms with Gasteiger partial charge in [0.05, 0.1) is 11.4 Å².